The largest absolute Gasteiger partial charge is 0.334 e. The molecule has 21 heavy (non-hydrogen) atoms. The summed E-state index contributed by atoms with van der Waals surface area (Å²) in [5, 5.41) is 2.06. The number of carbonyl (C=O) groups excluding carboxylic acids is 1. The molecule has 2 rings (SSSR count). The van der Waals surface area contributed by atoms with Gasteiger partial charge in [0.05, 0.1) is 17.8 Å². The Balaban J connectivity index is 2.08. The quantitative estimate of drug-likeness (QED) is 0.883. The molecule has 0 saturated heterocycles. The van der Waals surface area contributed by atoms with E-state index in [4.69, 9.17) is 5.73 Å². The molecule has 1 aliphatic rings. The third kappa shape index (κ3) is 3.84. The summed E-state index contributed by atoms with van der Waals surface area (Å²) in [6.45, 7) is 2.72. The number of hydrogen-bond acceptors (Lipinski definition) is 5. The van der Waals surface area contributed by atoms with Crippen LogP contribution in [0.4, 0.5) is 0 Å². The van der Waals surface area contributed by atoms with Gasteiger partial charge in [-0.2, -0.15) is 0 Å². The molecule has 0 fully saturated rings. The second-order valence-electron chi connectivity index (χ2n) is 5.53. The predicted octanol–water partition coefficient (Wildman–Crippen LogP) is 1.35. The van der Waals surface area contributed by atoms with E-state index < -0.39 is 15.9 Å². The van der Waals surface area contributed by atoms with Gasteiger partial charge in [-0.15, -0.1) is 11.3 Å². The molecule has 2 heterocycles. The SMILES string of the molecule is CCC1c2ccsc2CCN1C(=O)C(N)CCS(C)(=O)=O. The van der Waals surface area contributed by atoms with Crippen molar-refractivity contribution in [2.75, 3.05) is 18.6 Å². The van der Waals surface area contributed by atoms with Crippen LogP contribution in [0.1, 0.15) is 36.2 Å². The molecule has 0 aliphatic carbocycles. The molecule has 2 unspecified atom stereocenters. The fourth-order valence-corrected chi connectivity index (χ4v) is 4.39. The smallest absolute Gasteiger partial charge is 0.240 e. The molecule has 118 valence electrons. The van der Waals surface area contributed by atoms with Crippen molar-refractivity contribution in [3.63, 3.8) is 0 Å². The van der Waals surface area contributed by atoms with Gasteiger partial charge in [-0.3, -0.25) is 4.79 Å². The lowest BCUT2D eigenvalue weighted by molar-refractivity contribution is -0.135. The average Bonchev–Trinajstić information content (AvgIpc) is 2.90. The first-order valence-electron chi connectivity index (χ1n) is 7.13. The van der Waals surface area contributed by atoms with Gasteiger partial charge >= 0.3 is 0 Å². The molecular formula is C14H22N2O3S2. The molecule has 0 spiro atoms. The van der Waals surface area contributed by atoms with Crippen molar-refractivity contribution in [2.45, 2.75) is 38.3 Å². The Kier molecular flexibility index (Phi) is 5.06. The van der Waals surface area contributed by atoms with Crippen LogP contribution in [0, 0.1) is 0 Å². The first-order valence-corrected chi connectivity index (χ1v) is 10.1. The van der Waals surface area contributed by atoms with Gasteiger partial charge < -0.3 is 10.6 Å². The number of nitrogens with zero attached hydrogens (tertiary/aromatic N) is 1. The molecule has 7 heteroatoms. The van der Waals surface area contributed by atoms with Gasteiger partial charge in [0, 0.05) is 17.7 Å². The van der Waals surface area contributed by atoms with Crippen LogP contribution in [0.5, 0.6) is 0 Å². The minimum Gasteiger partial charge on any atom is -0.334 e. The van der Waals surface area contributed by atoms with Gasteiger partial charge in [-0.05, 0) is 36.3 Å². The van der Waals surface area contributed by atoms with E-state index in [0.717, 1.165) is 19.1 Å². The van der Waals surface area contributed by atoms with Crippen molar-refractivity contribution in [1.82, 2.24) is 4.90 Å². The Hall–Kier alpha value is -0.920. The third-order valence-electron chi connectivity index (χ3n) is 3.88. The van der Waals surface area contributed by atoms with Gasteiger partial charge in [-0.25, -0.2) is 8.42 Å². The Labute approximate surface area is 130 Å². The Bertz CT molecular complexity index is 609. The number of carbonyl (C=O) groups is 1. The highest BCUT2D eigenvalue weighted by molar-refractivity contribution is 7.90. The first kappa shape index (κ1) is 16.5. The lowest BCUT2D eigenvalue weighted by Crippen LogP contribution is -2.48. The number of rotatable bonds is 5. The van der Waals surface area contributed by atoms with E-state index in [1.807, 2.05) is 4.90 Å². The third-order valence-corrected chi connectivity index (χ3v) is 5.86. The van der Waals surface area contributed by atoms with E-state index in [0.29, 0.717) is 6.54 Å². The van der Waals surface area contributed by atoms with Crippen LogP contribution >= 0.6 is 11.3 Å². The summed E-state index contributed by atoms with van der Waals surface area (Å²) >= 11 is 1.73. The maximum atomic E-state index is 12.5. The highest BCUT2D eigenvalue weighted by Crippen LogP contribution is 2.35. The van der Waals surface area contributed by atoms with Crippen LogP contribution in [0.25, 0.3) is 0 Å². The number of hydrogen-bond donors (Lipinski definition) is 1. The first-order chi connectivity index (χ1) is 9.83. The molecule has 5 nitrogen and oxygen atoms in total. The number of nitrogens with two attached hydrogens (primary N) is 1. The van der Waals surface area contributed by atoms with Crippen LogP contribution in [0.15, 0.2) is 11.4 Å². The second kappa shape index (κ2) is 6.46. The lowest BCUT2D eigenvalue weighted by Gasteiger charge is -2.37. The normalized spacial score (nSPS) is 20.1. The predicted molar refractivity (Wildman–Crippen MR) is 85.1 cm³/mol. The van der Waals surface area contributed by atoms with Gasteiger partial charge in [0.25, 0.3) is 0 Å². The number of sulfone groups is 1. The van der Waals surface area contributed by atoms with E-state index in [9.17, 15) is 13.2 Å². The summed E-state index contributed by atoms with van der Waals surface area (Å²) in [4.78, 5) is 15.7. The zero-order chi connectivity index (χ0) is 15.6. The van der Waals surface area contributed by atoms with Crippen molar-refractivity contribution >= 4 is 27.1 Å². The van der Waals surface area contributed by atoms with Crippen molar-refractivity contribution in [3.8, 4) is 0 Å². The Morgan fingerprint density at radius 3 is 2.90 bits per heavy atom. The Morgan fingerprint density at radius 2 is 2.29 bits per heavy atom. The molecule has 1 aromatic heterocycles. The summed E-state index contributed by atoms with van der Waals surface area (Å²) in [6, 6.07) is 1.40. The lowest BCUT2D eigenvalue weighted by atomic mass is 9.96. The fraction of sp³-hybridized carbons (Fsp3) is 0.643. The molecule has 0 radical (unpaired) electrons. The summed E-state index contributed by atoms with van der Waals surface area (Å²) < 4.78 is 22.4. The van der Waals surface area contributed by atoms with Crippen LogP contribution in [0.3, 0.4) is 0 Å². The average molecular weight is 330 g/mol. The van der Waals surface area contributed by atoms with Crippen molar-refractivity contribution in [3.05, 3.63) is 21.9 Å². The molecule has 0 aromatic carbocycles. The van der Waals surface area contributed by atoms with E-state index in [1.165, 1.54) is 10.4 Å². The van der Waals surface area contributed by atoms with Gasteiger partial charge in [-0.1, -0.05) is 6.92 Å². The van der Waals surface area contributed by atoms with E-state index >= 15 is 0 Å². The summed E-state index contributed by atoms with van der Waals surface area (Å²) in [7, 11) is -3.09. The number of amides is 1. The molecule has 0 saturated carbocycles. The van der Waals surface area contributed by atoms with Gasteiger partial charge in [0.15, 0.2) is 0 Å². The van der Waals surface area contributed by atoms with Crippen LogP contribution < -0.4 is 5.73 Å². The molecule has 1 aliphatic heterocycles. The molecular weight excluding hydrogens is 308 g/mol. The minimum atomic E-state index is -3.09. The summed E-state index contributed by atoms with van der Waals surface area (Å²) in [6.07, 6.45) is 3.04. The number of fused-ring (bicyclic) bond motifs is 1. The maximum Gasteiger partial charge on any atom is 0.240 e. The maximum absolute atomic E-state index is 12.5. The van der Waals surface area contributed by atoms with Crippen molar-refractivity contribution < 1.29 is 13.2 Å². The monoisotopic (exact) mass is 330 g/mol. The molecule has 2 N–H and O–H groups in total. The van der Waals surface area contributed by atoms with Crippen LogP contribution in [0.2, 0.25) is 0 Å². The zero-order valence-electron chi connectivity index (χ0n) is 12.4. The molecule has 1 amide bonds. The highest BCUT2D eigenvalue weighted by atomic mass is 32.2. The van der Waals surface area contributed by atoms with Crippen LogP contribution in [-0.4, -0.2) is 43.8 Å². The van der Waals surface area contributed by atoms with Gasteiger partial charge in [0.2, 0.25) is 5.91 Å². The van der Waals surface area contributed by atoms with E-state index in [1.54, 1.807) is 11.3 Å². The van der Waals surface area contributed by atoms with E-state index in [2.05, 4.69) is 18.4 Å². The topological polar surface area (TPSA) is 80.5 Å². The van der Waals surface area contributed by atoms with E-state index in [-0.39, 0.29) is 24.1 Å². The van der Waals surface area contributed by atoms with Crippen molar-refractivity contribution in [2.24, 2.45) is 5.73 Å². The second-order valence-corrected chi connectivity index (χ2v) is 8.79. The molecule has 1 aromatic rings. The number of thiophene rings is 1. The molecule has 2 atom stereocenters. The highest BCUT2D eigenvalue weighted by Gasteiger charge is 2.32. The summed E-state index contributed by atoms with van der Waals surface area (Å²) in [5.74, 6) is -0.184. The van der Waals surface area contributed by atoms with Gasteiger partial charge in [0.1, 0.15) is 9.84 Å². The standard InChI is InChI=1S/C14H22N2O3S2/c1-3-12-10-5-8-20-13(10)4-7-16(12)14(17)11(15)6-9-21(2,18)19/h5,8,11-12H,3-4,6-7,9,15H2,1-2H3. The molecule has 0 bridgehead atoms. The summed E-state index contributed by atoms with van der Waals surface area (Å²) in [5.41, 5.74) is 7.13. The fourth-order valence-electron chi connectivity index (χ4n) is 2.78. The minimum absolute atomic E-state index is 0.0474. The van der Waals surface area contributed by atoms with Crippen molar-refractivity contribution in [1.29, 1.82) is 0 Å². The Morgan fingerprint density at radius 1 is 1.57 bits per heavy atom. The zero-order valence-corrected chi connectivity index (χ0v) is 14.0. The van der Waals surface area contributed by atoms with Crippen LogP contribution in [-0.2, 0) is 21.1 Å².